The van der Waals surface area contributed by atoms with E-state index in [-0.39, 0.29) is 0 Å². The lowest BCUT2D eigenvalue weighted by Crippen LogP contribution is -2.14. The maximum Gasteiger partial charge on any atom is 0.112 e. The zero-order valence-electron chi connectivity index (χ0n) is 6.39. The van der Waals surface area contributed by atoms with Crippen molar-refractivity contribution in [1.29, 1.82) is 0 Å². The molecular weight excluding hydrogens is 126 g/mol. The van der Waals surface area contributed by atoms with E-state index in [0.717, 1.165) is 0 Å². The van der Waals surface area contributed by atoms with Gasteiger partial charge in [0.1, 0.15) is 5.76 Å². The minimum absolute atomic E-state index is 0.407. The summed E-state index contributed by atoms with van der Waals surface area (Å²) in [6, 6.07) is 0. The summed E-state index contributed by atoms with van der Waals surface area (Å²) < 4.78 is 0. The number of allylic oxidation sites excluding steroid dienone is 2. The number of dihydropyridines is 1. The van der Waals surface area contributed by atoms with Crippen LogP contribution in [0.25, 0.3) is 0 Å². The van der Waals surface area contributed by atoms with Crippen molar-refractivity contribution in [3.63, 3.8) is 0 Å². The molecule has 0 unspecified atom stereocenters. The van der Waals surface area contributed by atoms with E-state index in [2.05, 4.69) is 19.2 Å². The molecule has 1 aliphatic heterocycles. The van der Waals surface area contributed by atoms with Crippen molar-refractivity contribution < 1.29 is 5.11 Å². The topological polar surface area (TPSA) is 32.3 Å². The Morgan fingerprint density at radius 2 is 2.30 bits per heavy atom. The molecule has 0 saturated heterocycles. The zero-order chi connectivity index (χ0) is 7.56. The summed E-state index contributed by atoms with van der Waals surface area (Å²) in [6.07, 6.45) is 4.33. The molecule has 1 heterocycles. The fourth-order valence-corrected chi connectivity index (χ4v) is 0.901. The van der Waals surface area contributed by atoms with Crippen LogP contribution in [0.4, 0.5) is 0 Å². The monoisotopic (exact) mass is 139 g/mol. The van der Waals surface area contributed by atoms with Gasteiger partial charge in [0, 0.05) is 18.3 Å². The highest BCUT2D eigenvalue weighted by Gasteiger charge is 2.05. The Kier molecular flexibility index (Phi) is 2.00. The van der Waals surface area contributed by atoms with Gasteiger partial charge in [-0.25, -0.2) is 0 Å². The summed E-state index contributed by atoms with van der Waals surface area (Å²) in [7, 11) is 0. The van der Waals surface area contributed by atoms with Crippen LogP contribution in [0, 0.1) is 5.92 Å². The normalized spacial score (nSPS) is 17.9. The summed E-state index contributed by atoms with van der Waals surface area (Å²) in [5.74, 6) is 0.925. The summed E-state index contributed by atoms with van der Waals surface area (Å²) in [4.78, 5) is 0. The van der Waals surface area contributed by atoms with E-state index in [1.54, 1.807) is 6.20 Å². The molecule has 2 heteroatoms. The molecule has 0 bridgehead atoms. The molecule has 0 aromatic heterocycles. The lowest BCUT2D eigenvalue weighted by molar-refractivity contribution is 0.391. The molecule has 0 fully saturated rings. The predicted octanol–water partition coefficient (Wildman–Crippen LogP) is 1.92. The Morgan fingerprint density at radius 3 is 2.70 bits per heavy atom. The summed E-state index contributed by atoms with van der Waals surface area (Å²) in [6.45, 7) is 4.24. The molecule has 10 heavy (non-hydrogen) atoms. The molecule has 0 aromatic rings. The molecule has 1 aliphatic rings. The quantitative estimate of drug-likeness (QED) is 0.581. The third-order valence-electron chi connectivity index (χ3n) is 1.56. The van der Waals surface area contributed by atoms with Gasteiger partial charge in [-0.15, -0.1) is 0 Å². The highest BCUT2D eigenvalue weighted by Crippen LogP contribution is 2.13. The largest absolute Gasteiger partial charge is 0.510 e. The number of aliphatic hydroxyl groups is 1. The third-order valence-corrected chi connectivity index (χ3v) is 1.56. The number of hydrogen-bond acceptors (Lipinski definition) is 2. The van der Waals surface area contributed by atoms with Crippen molar-refractivity contribution in [3.8, 4) is 0 Å². The van der Waals surface area contributed by atoms with E-state index in [1.807, 2.05) is 6.08 Å². The SMILES string of the molecule is CC(C)C1=CCC(O)=CN1. The van der Waals surface area contributed by atoms with Gasteiger partial charge < -0.3 is 10.4 Å². The average Bonchev–Trinajstić information content (AvgIpc) is 1.88. The van der Waals surface area contributed by atoms with Crippen LogP contribution in [-0.2, 0) is 0 Å². The lowest BCUT2D eigenvalue weighted by atomic mass is 10.1. The first-order valence-electron chi connectivity index (χ1n) is 3.54. The molecular formula is C8H13NO. The molecule has 0 aromatic carbocycles. The first kappa shape index (κ1) is 7.19. The average molecular weight is 139 g/mol. The molecule has 0 saturated carbocycles. The van der Waals surface area contributed by atoms with Crippen molar-refractivity contribution in [1.82, 2.24) is 5.32 Å². The Morgan fingerprint density at radius 1 is 1.60 bits per heavy atom. The maximum absolute atomic E-state index is 8.96. The van der Waals surface area contributed by atoms with Crippen molar-refractivity contribution in [2.45, 2.75) is 20.3 Å². The van der Waals surface area contributed by atoms with Gasteiger partial charge in [0.15, 0.2) is 0 Å². The van der Waals surface area contributed by atoms with Crippen LogP contribution in [0.15, 0.2) is 23.7 Å². The van der Waals surface area contributed by atoms with Gasteiger partial charge >= 0.3 is 0 Å². The van der Waals surface area contributed by atoms with E-state index in [4.69, 9.17) is 5.11 Å². The molecule has 0 atom stereocenters. The van der Waals surface area contributed by atoms with Crippen LogP contribution in [0.1, 0.15) is 20.3 Å². The molecule has 0 amide bonds. The van der Waals surface area contributed by atoms with Crippen LogP contribution in [0.5, 0.6) is 0 Å². The van der Waals surface area contributed by atoms with Crippen molar-refractivity contribution >= 4 is 0 Å². The van der Waals surface area contributed by atoms with Gasteiger partial charge in [0.25, 0.3) is 0 Å². The van der Waals surface area contributed by atoms with Crippen molar-refractivity contribution in [3.05, 3.63) is 23.7 Å². The van der Waals surface area contributed by atoms with E-state index in [1.165, 1.54) is 5.70 Å². The Balaban J connectivity index is 2.54. The highest BCUT2D eigenvalue weighted by atomic mass is 16.3. The molecule has 0 aliphatic carbocycles. The summed E-state index contributed by atoms with van der Waals surface area (Å²) in [5.41, 5.74) is 1.19. The van der Waals surface area contributed by atoms with Gasteiger partial charge in [-0.2, -0.15) is 0 Å². The van der Waals surface area contributed by atoms with E-state index in [0.29, 0.717) is 18.1 Å². The van der Waals surface area contributed by atoms with Crippen LogP contribution in [0.2, 0.25) is 0 Å². The fourth-order valence-electron chi connectivity index (χ4n) is 0.901. The minimum Gasteiger partial charge on any atom is -0.510 e. The second-order valence-corrected chi connectivity index (χ2v) is 2.80. The third kappa shape index (κ3) is 1.53. The Hall–Kier alpha value is -0.920. The lowest BCUT2D eigenvalue weighted by Gasteiger charge is -2.15. The van der Waals surface area contributed by atoms with Gasteiger partial charge in [-0.1, -0.05) is 19.9 Å². The van der Waals surface area contributed by atoms with Crippen LogP contribution in [-0.4, -0.2) is 5.11 Å². The standard InChI is InChI=1S/C8H13NO/c1-6(2)8-4-3-7(10)5-9-8/h4-6,9-10H,3H2,1-2H3. The van der Waals surface area contributed by atoms with Gasteiger partial charge in [0.05, 0.1) is 0 Å². The summed E-state index contributed by atoms with van der Waals surface area (Å²) >= 11 is 0. The molecule has 1 rings (SSSR count). The first-order valence-corrected chi connectivity index (χ1v) is 3.54. The molecule has 2 nitrogen and oxygen atoms in total. The van der Waals surface area contributed by atoms with Crippen molar-refractivity contribution in [2.24, 2.45) is 5.92 Å². The van der Waals surface area contributed by atoms with Gasteiger partial charge in [-0.3, -0.25) is 0 Å². The number of rotatable bonds is 1. The number of aliphatic hydroxyl groups excluding tert-OH is 1. The number of hydrogen-bond donors (Lipinski definition) is 2. The van der Waals surface area contributed by atoms with E-state index >= 15 is 0 Å². The molecule has 0 spiro atoms. The van der Waals surface area contributed by atoms with Gasteiger partial charge in [0.2, 0.25) is 0 Å². The van der Waals surface area contributed by atoms with E-state index in [9.17, 15) is 0 Å². The van der Waals surface area contributed by atoms with Gasteiger partial charge in [-0.05, 0) is 5.92 Å². The zero-order valence-corrected chi connectivity index (χ0v) is 6.39. The molecule has 0 radical (unpaired) electrons. The first-order chi connectivity index (χ1) is 4.70. The maximum atomic E-state index is 8.96. The smallest absolute Gasteiger partial charge is 0.112 e. The second kappa shape index (κ2) is 2.78. The van der Waals surface area contributed by atoms with Crippen LogP contribution in [0.3, 0.4) is 0 Å². The minimum atomic E-state index is 0.407. The second-order valence-electron chi connectivity index (χ2n) is 2.80. The van der Waals surface area contributed by atoms with Crippen LogP contribution < -0.4 is 5.32 Å². The highest BCUT2D eigenvalue weighted by molar-refractivity contribution is 5.15. The van der Waals surface area contributed by atoms with Crippen LogP contribution >= 0.6 is 0 Å². The predicted molar refractivity (Wildman–Crippen MR) is 41.4 cm³/mol. The summed E-state index contributed by atoms with van der Waals surface area (Å²) in [5, 5.41) is 12.0. The Labute approximate surface area is 61.3 Å². The molecule has 2 N–H and O–H groups in total. The molecule has 56 valence electrons. The Bertz CT molecular complexity index is 180. The number of nitrogens with one attached hydrogen (secondary N) is 1. The fraction of sp³-hybridized carbons (Fsp3) is 0.500. The van der Waals surface area contributed by atoms with Crippen molar-refractivity contribution in [2.75, 3.05) is 0 Å². The van der Waals surface area contributed by atoms with E-state index < -0.39 is 0 Å².